The Morgan fingerprint density at radius 3 is 1.52 bits per heavy atom. The summed E-state index contributed by atoms with van der Waals surface area (Å²) in [5.74, 6) is 2.97. The van der Waals surface area contributed by atoms with E-state index in [0.29, 0.717) is 13.2 Å². The summed E-state index contributed by atoms with van der Waals surface area (Å²) in [5.41, 5.74) is 0. The molecule has 0 aromatic heterocycles. The molecule has 0 saturated carbocycles. The third kappa shape index (κ3) is 5.38. The predicted octanol–water partition coefficient (Wildman–Crippen LogP) is 3.18. The largest absolute Gasteiger partial charge is 0.497 e. The highest BCUT2D eigenvalue weighted by Gasteiger charge is 2.10. The minimum Gasteiger partial charge on any atom is -0.497 e. The van der Waals surface area contributed by atoms with Crippen LogP contribution in [0.25, 0.3) is 0 Å². The van der Waals surface area contributed by atoms with Crippen LogP contribution in [0.2, 0.25) is 0 Å². The van der Waals surface area contributed by atoms with E-state index in [-0.39, 0.29) is 6.10 Å². The smallest absolute Gasteiger partial charge is 0.125 e. The van der Waals surface area contributed by atoms with Crippen LogP contribution in [0.3, 0.4) is 0 Å². The van der Waals surface area contributed by atoms with Gasteiger partial charge in [-0.15, -0.1) is 0 Å². The lowest BCUT2D eigenvalue weighted by molar-refractivity contribution is 0.0236. The number of hydrogen-bond acceptors (Lipinski definition) is 5. The summed E-state index contributed by atoms with van der Waals surface area (Å²) in [6.45, 7) is 0.765. The van der Waals surface area contributed by atoms with Gasteiger partial charge in [0.1, 0.15) is 42.3 Å². The van der Waals surface area contributed by atoms with Crippen molar-refractivity contribution in [3.8, 4) is 23.0 Å². The Bertz CT molecular complexity index is 548. The molecular formula is C18H22O5. The van der Waals surface area contributed by atoms with Crippen molar-refractivity contribution in [2.45, 2.75) is 6.10 Å². The first-order valence-electron chi connectivity index (χ1n) is 7.31. The van der Waals surface area contributed by atoms with Crippen LogP contribution in [0.15, 0.2) is 48.5 Å². The number of ether oxygens (including phenoxy) is 5. The van der Waals surface area contributed by atoms with Crippen molar-refractivity contribution in [2.75, 3.05) is 34.5 Å². The van der Waals surface area contributed by atoms with Gasteiger partial charge in [0, 0.05) is 19.2 Å². The zero-order valence-electron chi connectivity index (χ0n) is 13.7. The summed E-state index contributed by atoms with van der Waals surface area (Å²) in [5, 5.41) is 0. The molecule has 0 radical (unpaired) electrons. The van der Waals surface area contributed by atoms with Crippen LogP contribution in [-0.2, 0) is 4.74 Å². The summed E-state index contributed by atoms with van der Waals surface area (Å²) >= 11 is 0. The van der Waals surface area contributed by atoms with Crippen LogP contribution in [0, 0.1) is 0 Å². The topological polar surface area (TPSA) is 46.2 Å². The Morgan fingerprint density at radius 2 is 1.13 bits per heavy atom. The van der Waals surface area contributed by atoms with Crippen molar-refractivity contribution in [3.63, 3.8) is 0 Å². The van der Waals surface area contributed by atoms with Gasteiger partial charge < -0.3 is 23.7 Å². The molecule has 0 N–H and O–H groups in total. The van der Waals surface area contributed by atoms with Gasteiger partial charge in [0.2, 0.25) is 0 Å². The molecule has 0 bridgehead atoms. The van der Waals surface area contributed by atoms with Crippen LogP contribution in [0.4, 0.5) is 0 Å². The molecule has 5 heteroatoms. The van der Waals surface area contributed by atoms with Crippen LogP contribution in [0.5, 0.6) is 23.0 Å². The van der Waals surface area contributed by atoms with Crippen LogP contribution < -0.4 is 18.9 Å². The highest BCUT2D eigenvalue weighted by atomic mass is 16.6. The monoisotopic (exact) mass is 318 g/mol. The van der Waals surface area contributed by atoms with E-state index < -0.39 is 0 Å². The first kappa shape index (κ1) is 17.0. The molecule has 124 valence electrons. The number of benzene rings is 2. The zero-order valence-corrected chi connectivity index (χ0v) is 13.7. The Morgan fingerprint density at radius 1 is 0.696 bits per heavy atom. The molecule has 0 fully saturated rings. The van der Waals surface area contributed by atoms with Crippen LogP contribution in [-0.4, -0.2) is 40.6 Å². The second-order valence-corrected chi connectivity index (χ2v) is 4.84. The molecule has 0 amide bonds. The maximum Gasteiger partial charge on any atom is 0.125 e. The Kier molecular flexibility index (Phi) is 6.56. The molecule has 0 aliphatic heterocycles. The first-order valence-corrected chi connectivity index (χ1v) is 7.31. The van der Waals surface area contributed by atoms with Gasteiger partial charge in [0.15, 0.2) is 0 Å². The third-order valence-corrected chi connectivity index (χ3v) is 3.29. The van der Waals surface area contributed by atoms with Gasteiger partial charge in [0.25, 0.3) is 0 Å². The van der Waals surface area contributed by atoms with Gasteiger partial charge in [-0.25, -0.2) is 0 Å². The molecule has 2 aromatic rings. The van der Waals surface area contributed by atoms with E-state index in [1.54, 1.807) is 21.3 Å². The fourth-order valence-electron chi connectivity index (χ4n) is 1.94. The van der Waals surface area contributed by atoms with E-state index in [1.807, 2.05) is 48.5 Å². The standard InChI is InChI=1S/C18H22O5/c1-19-14-6-4-8-16(10-14)22-12-18(21-3)13-23-17-9-5-7-15(11-17)20-2/h4-11,18H,12-13H2,1-3H3. The minimum absolute atomic E-state index is 0.188. The van der Waals surface area contributed by atoms with Crippen molar-refractivity contribution >= 4 is 0 Å². The molecular weight excluding hydrogens is 296 g/mol. The normalized spacial score (nSPS) is 10.4. The van der Waals surface area contributed by atoms with Gasteiger partial charge >= 0.3 is 0 Å². The lowest BCUT2D eigenvalue weighted by Gasteiger charge is -2.17. The fourth-order valence-corrected chi connectivity index (χ4v) is 1.94. The van der Waals surface area contributed by atoms with Gasteiger partial charge in [-0.05, 0) is 24.3 Å². The summed E-state index contributed by atoms with van der Waals surface area (Å²) in [7, 11) is 4.88. The molecule has 0 atom stereocenters. The molecule has 0 spiro atoms. The van der Waals surface area contributed by atoms with Crippen molar-refractivity contribution < 1.29 is 23.7 Å². The second-order valence-electron chi connectivity index (χ2n) is 4.84. The molecule has 0 heterocycles. The molecule has 0 saturated heterocycles. The lowest BCUT2D eigenvalue weighted by atomic mass is 10.3. The summed E-state index contributed by atoms with van der Waals surface area (Å²) in [6.07, 6.45) is -0.188. The number of methoxy groups -OCH3 is 3. The van der Waals surface area contributed by atoms with Crippen molar-refractivity contribution in [2.24, 2.45) is 0 Å². The van der Waals surface area contributed by atoms with E-state index in [2.05, 4.69) is 0 Å². The Balaban J connectivity index is 1.84. The van der Waals surface area contributed by atoms with Crippen LogP contribution in [0.1, 0.15) is 0 Å². The highest BCUT2D eigenvalue weighted by Crippen LogP contribution is 2.20. The average Bonchev–Trinajstić information content (AvgIpc) is 2.62. The maximum absolute atomic E-state index is 5.73. The molecule has 2 aromatic carbocycles. The van der Waals surface area contributed by atoms with E-state index in [0.717, 1.165) is 23.0 Å². The van der Waals surface area contributed by atoms with Gasteiger partial charge in [-0.2, -0.15) is 0 Å². The molecule has 0 unspecified atom stereocenters. The molecule has 2 rings (SSSR count). The Hall–Kier alpha value is -2.40. The third-order valence-electron chi connectivity index (χ3n) is 3.29. The van der Waals surface area contributed by atoms with Gasteiger partial charge in [-0.1, -0.05) is 12.1 Å². The average molecular weight is 318 g/mol. The quantitative estimate of drug-likeness (QED) is 0.710. The number of hydrogen-bond donors (Lipinski definition) is 0. The second kappa shape index (κ2) is 8.90. The molecule has 0 aliphatic rings. The Labute approximate surface area is 136 Å². The number of rotatable bonds is 9. The van der Waals surface area contributed by atoms with Crippen molar-refractivity contribution in [3.05, 3.63) is 48.5 Å². The van der Waals surface area contributed by atoms with Gasteiger partial charge in [0.05, 0.1) is 14.2 Å². The highest BCUT2D eigenvalue weighted by molar-refractivity contribution is 5.33. The lowest BCUT2D eigenvalue weighted by Crippen LogP contribution is -2.27. The minimum atomic E-state index is -0.188. The van der Waals surface area contributed by atoms with Crippen molar-refractivity contribution in [1.82, 2.24) is 0 Å². The fraction of sp³-hybridized carbons (Fsp3) is 0.333. The van der Waals surface area contributed by atoms with Crippen LogP contribution >= 0.6 is 0 Å². The zero-order chi connectivity index (χ0) is 16.5. The summed E-state index contributed by atoms with van der Waals surface area (Å²) < 4.78 is 27.2. The predicted molar refractivity (Wildman–Crippen MR) is 87.8 cm³/mol. The molecule has 23 heavy (non-hydrogen) atoms. The summed E-state index contributed by atoms with van der Waals surface area (Å²) in [6, 6.07) is 14.9. The first-order chi connectivity index (χ1) is 11.2. The SMILES string of the molecule is COc1cccc(OCC(COc2cccc(OC)c2)OC)c1. The summed E-state index contributed by atoms with van der Waals surface area (Å²) in [4.78, 5) is 0. The van der Waals surface area contributed by atoms with E-state index in [9.17, 15) is 0 Å². The maximum atomic E-state index is 5.73. The molecule has 0 aliphatic carbocycles. The van der Waals surface area contributed by atoms with E-state index in [1.165, 1.54) is 0 Å². The molecule has 5 nitrogen and oxygen atoms in total. The van der Waals surface area contributed by atoms with E-state index in [4.69, 9.17) is 23.7 Å². The van der Waals surface area contributed by atoms with E-state index >= 15 is 0 Å². The van der Waals surface area contributed by atoms with Gasteiger partial charge in [-0.3, -0.25) is 0 Å². The van der Waals surface area contributed by atoms with Crippen molar-refractivity contribution in [1.29, 1.82) is 0 Å².